The van der Waals surface area contributed by atoms with E-state index in [0.717, 1.165) is 0 Å². The Hall–Kier alpha value is -1.44. The van der Waals surface area contributed by atoms with Gasteiger partial charge in [-0.25, -0.2) is 4.79 Å². The van der Waals surface area contributed by atoms with Gasteiger partial charge in [0.25, 0.3) is 3.55 Å². The molecule has 0 aromatic heterocycles. The molecule has 6 heteroatoms. The van der Waals surface area contributed by atoms with Gasteiger partial charge < -0.3 is 10.1 Å². The van der Waals surface area contributed by atoms with Crippen LogP contribution in [0.2, 0.25) is 0 Å². The number of carbonyl (C=O) groups excluding carboxylic acids is 3. The minimum absolute atomic E-state index is 0.130. The third kappa shape index (κ3) is 3.76. The quantitative estimate of drug-likeness (QED) is 0.212. The Morgan fingerprint density at radius 3 is 2.32 bits per heavy atom. The first-order valence-corrected chi connectivity index (χ1v) is 6.74. The molecule has 1 aromatic rings. The molecule has 1 rings (SSSR count). The number of hydrogen-bond donors (Lipinski definition) is 1. The molecule has 0 fully saturated rings. The van der Waals surface area contributed by atoms with Crippen molar-refractivity contribution in [2.24, 2.45) is 0 Å². The van der Waals surface area contributed by atoms with E-state index in [1.807, 2.05) is 0 Å². The van der Waals surface area contributed by atoms with Gasteiger partial charge in [-0.05, 0) is 29.5 Å². The minimum Gasteiger partial charge on any atom is -0.463 e. The lowest BCUT2D eigenvalue weighted by atomic mass is 10.0. The zero-order valence-electron chi connectivity index (χ0n) is 10.6. The van der Waals surface area contributed by atoms with Gasteiger partial charge in [-0.2, -0.15) is 0 Å². The Kier molecular flexibility index (Phi) is 5.46. The van der Waals surface area contributed by atoms with E-state index in [1.165, 1.54) is 6.92 Å². The maximum absolute atomic E-state index is 12.4. The Bertz CT molecular complexity index is 489. The number of ketones is 1. The fourth-order valence-electron chi connectivity index (χ4n) is 1.46. The van der Waals surface area contributed by atoms with Gasteiger partial charge in [0, 0.05) is 12.5 Å². The molecule has 19 heavy (non-hydrogen) atoms. The van der Waals surface area contributed by atoms with Crippen LogP contribution in [0.1, 0.15) is 24.2 Å². The fourth-order valence-corrected chi connectivity index (χ4v) is 2.31. The Morgan fingerprint density at radius 1 is 1.26 bits per heavy atom. The normalized spacial score (nSPS) is 13.2. The van der Waals surface area contributed by atoms with Gasteiger partial charge in [0.15, 0.2) is 0 Å². The number of carbonyl (C=O) groups is 3. The topological polar surface area (TPSA) is 72.5 Å². The molecule has 1 amide bonds. The molecule has 0 bridgehead atoms. The summed E-state index contributed by atoms with van der Waals surface area (Å²) >= 11 is 1.61. The molecule has 0 spiro atoms. The molecule has 1 atom stereocenters. The lowest BCUT2D eigenvalue weighted by Crippen LogP contribution is -2.55. The fraction of sp³-hybridized carbons (Fsp3) is 0.308. The molecular formula is C13H14INO4. The highest BCUT2D eigenvalue weighted by Gasteiger charge is 2.46. The van der Waals surface area contributed by atoms with E-state index in [-0.39, 0.29) is 6.61 Å². The summed E-state index contributed by atoms with van der Waals surface area (Å²) in [4.78, 5) is 35.6. The average Bonchev–Trinajstić information content (AvgIpc) is 2.38. The standard InChI is InChI=1S/C13H14INO4/c1-3-19-12(18)13(14,15-9(2)16)11(17)10-7-5-4-6-8-10/h4-8H,3H2,1-2H3,(H,15,16). The van der Waals surface area contributed by atoms with Crippen LogP contribution in [-0.2, 0) is 14.3 Å². The summed E-state index contributed by atoms with van der Waals surface area (Å²) in [6.07, 6.45) is 0. The second-order valence-electron chi connectivity index (χ2n) is 3.76. The average molecular weight is 375 g/mol. The van der Waals surface area contributed by atoms with Crippen LogP contribution in [-0.4, -0.2) is 27.8 Å². The highest BCUT2D eigenvalue weighted by molar-refractivity contribution is 14.1. The first-order chi connectivity index (χ1) is 8.91. The summed E-state index contributed by atoms with van der Waals surface area (Å²) < 4.78 is 3.13. The maximum Gasteiger partial charge on any atom is 0.350 e. The van der Waals surface area contributed by atoms with Crippen LogP contribution < -0.4 is 5.32 Å². The van der Waals surface area contributed by atoms with Crippen molar-refractivity contribution >= 4 is 40.3 Å². The van der Waals surface area contributed by atoms with Crippen LogP contribution in [0.3, 0.4) is 0 Å². The summed E-state index contributed by atoms with van der Waals surface area (Å²) in [5.41, 5.74) is 0.332. The van der Waals surface area contributed by atoms with E-state index < -0.39 is 21.2 Å². The van der Waals surface area contributed by atoms with Crippen molar-refractivity contribution in [1.29, 1.82) is 0 Å². The van der Waals surface area contributed by atoms with Crippen molar-refractivity contribution in [2.45, 2.75) is 17.4 Å². The van der Waals surface area contributed by atoms with Gasteiger partial charge in [-0.3, -0.25) is 9.59 Å². The molecule has 0 aliphatic carbocycles. The molecule has 1 unspecified atom stereocenters. The number of nitrogens with one attached hydrogen (secondary N) is 1. The molecular weight excluding hydrogens is 361 g/mol. The molecule has 5 nitrogen and oxygen atoms in total. The smallest absolute Gasteiger partial charge is 0.350 e. The zero-order valence-corrected chi connectivity index (χ0v) is 12.8. The molecule has 1 N–H and O–H groups in total. The maximum atomic E-state index is 12.4. The summed E-state index contributed by atoms with van der Waals surface area (Å²) in [6, 6.07) is 8.29. The Morgan fingerprint density at radius 2 is 1.84 bits per heavy atom. The van der Waals surface area contributed by atoms with Crippen LogP contribution >= 0.6 is 22.6 Å². The van der Waals surface area contributed by atoms with Crippen LogP contribution in [0.4, 0.5) is 0 Å². The number of hydrogen-bond acceptors (Lipinski definition) is 4. The molecule has 0 heterocycles. The lowest BCUT2D eigenvalue weighted by molar-refractivity contribution is -0.146. The predicted octanol–water partition coefficient (Wildman–Crippen LogP) is 1.70. The van der Waals surface area contributed by atoms with Crippen molar-refractivity contribution in [2.75, 3.05) is 6.61 Å². The lowest BCUT2D eigenvalue weighted by Gasteiger charge is -2.24. The van der Waals surface area contributed by atoms with Gasteiger partial charge >= 0.3 is 5.97 Å². The van der Waals surface area contributed by atoms with Crippen LogP contribution in [0.25, 0.3) is 0 Å². The van der Waals surface area contributed by atoms with E-state index in [9.17, 15) is 14.4 Å². The van der Waals surface area contributed by atoms with Crippen molar-refractivity contribution < 1.29 is 19.1 Å². The molecule has 1 aromatic carbocycles. The highest BCUT2D eigenvalue weighted by atomic mass is 127. The number of halogens is 1. The molecule has 0 saturated carbocycles. The van der Waals surface area contributed by atoms with E-state index in [1.54, 1.807) is 59.8 Å². The van der Waals surface area contributed by atoms with Gasteiger partial charge in [0.1, 0.15) is 0 Å². The first kappa shape index (κ1) is 15.6. The van der Waals surface area contributed by atoms with E-state index in [2.05, 4.69) is 5.32 Å². The number of ether oxygens (including phenoxy) is 1. The van der Waals surface area contributed by atoms with Gasteiger partial charge in [0.05, 0.1) is 6.61 Å². The largest absolute Gasteiger partial charge is 0.463 e. The predicted molar refractivity (Wildman–Crippen MR) is 78.0 cm³/mol. The van der Waals surface area contributed by atoms with Gasteiger partial charge in [-0.15, -0.1) is 0 Å². The first-order valence-electron chi connectivity index (χ1n) is 5.66. The summed E-state index contributed by atoms with van der Waals surface area (Å²) in [6.45, 7) is 3.01. The van der Waals surface area contributed by atoms with Crippen LogP contribution in [0.5, 0.6) is 0 Å². The van der Waals surface area contributed by atoms with Crippen LogP contribution in [0.15, 0.2) is 30.3 Å². The second kappa shape index (κ2) is 6.65. The molecule has 102 valence electrons. The van der Waals surface area contributed by atoms with E-state index >= 15 is 0 Å². The Labute approximate surface area is 124 Å². The monoisotopic (exact) mass is 375 g/mol. The highest BCUT2D eigenvalue weighted by Crippen LogP contribution is 2.23. The number of benzene rings is 1. The third-order valence-electron chi connectivity index (χ3n) is 2.25. The van der Waals surface area contributed by atoms with Crippen LogP contribution in [0, 0.1) is 0 Å². The van der Waals surface area contributed by atoms with Gasteiger partial charge in [0.2, 0.25) is 11.7 Å². The summed E-state index contributed by atoms with van der Waals surface area (Å²) in [5.74, 6) is -1.77. The molecule has 0 saturated heterocycles. The van der Waals surface area contributed by atoms with Crippen molar-refractivity contribution in [3.05, 3.63) is 35.9 Å². The molecule has 0 radical (unpaired) electrons. The van der Waals surface area contributed by atoms with E-state index in [0.29, 0.717) is 5.56 Å². The van der Waals surface area contributed by atoms with Gasteiger partial charge in [-0.1, -0.05) is 30.3 Å². The second-order valence-corrected chi connectivity index (χ2v) is 5.37. The number of Topliss-reactive ketones (excluding diaryl/α,β-unsaturated/α-hetero) is 1. The minimum atomic E-state index is -1.74. The molecule has 0 aliphatic heterocycles. The molecule has 0 aliphatic rings. The summed E-state index contributed by atoms with van der Waals surface area (Å²) in [5, 5.41) is 2.36. The Balaban J connectivity index is 3.13. The van der Waals surface area contributed by atoms with E-state index in [4.69, 9.17) is 4.74 Å². The number of alkyl halides is 1. The SMILES string of the molecule is CCOC(=O)C(I)(NC(C)=O)C(=O)c1ccccc1. The van der Waals surface area contributed by atoms with Crippen molar-refractivity contribution in [1.82, 2.24) is 5.32 Å². The van der Waals surface area contributed by atoms with Crippen molar-refractivity contribution in [3.8, 4) is 0 Å². The number of rotatable bonds is 5. The summed E-state index contributed by atoms with van der Waals surface area (Å²) in [7, 11) is 0. The third-order valence-corrected chi connectivity index (χ3v) is 3.45. The number of amides is 1. The van der Waals surface area contributed by atoms with Crippen molar-refractivity contribution in [3.63, 3.8) is 0 Å². The number of esters is 1. The zero-order chi connectivity index (χ0) is 14.5.